The minimum atomic E-state index is -0.844. The number of carbonyl (C=O) groups is 1. The Morgan fingerprint density at radius 3 is 2.85 bits per heavy atom. The number of nitrogens with zero attached hydrogens (tertiary/aromatic N) is 3. The van der Waals surface area contributed by atoms with Crippen molar-refractivity contribution in [3.05, 3.63) is 45.9 Å². The molecule has 6 nitrogen and oxygen atoms in total. The lowest BCUT2D eigenvalue weighted by molar-refractivity contribution is 0.0639. The molecule has 0 saturated carbocycles. The van der Waals surface area contributed by atoms with Crippen LogP contribution in [0.15, 0.2) is 30.5 Å². The van der Waals surface area contributed by atoms with E-state index in [1.165, 1.54) is 30.2 Å². The number of aliphatic hydroxyl groups is 1. The number of hydrogen-bond donors (Lipinski definition) is 2. The summed E-state index contributed by atoms with van der Waals surface area (Å²) >= 11 is 1.43. The Morgan fingerprint density at radius 1 is 1.38 bits per heavy atom. The maximum absolute atomic E-state index is 12.8. The lowest BCUT2D eigenvalue weighted by atomic mass is 10.1. The number of rotatable bonds is 7. The van der Waals surface area contributed by atoms with Crippen LogP contribution >= 0.6 is 11.3 Å². The second-order valence-electron chi connectivity index (χ2n) is 6.56. The molecule has 1 saturated heterocycles. The van der Waals surface area contributed by atoms with E-state index < -0.39 is 6.10 Å². The van der Waals surface area contributed by atoms with Crippen LogP contribution in [0.3, 0.4) is 0 Å². The van der Waals surface area contributed by atoms with Crippen molar-refractivity contribution in [1.82, 2.24) is 14.8 Å². The highest BCUT2D eigenvalue weighted by Gasteiger charge is 2.22. The summed E-state index contributed by atoms with van der Waals surface area (Å²) in [5, 5.41) is 20.9. The first-order valence-corrected chi connectivity index (χ1v) is 9.81. The summed E-state index contributed by atoms with van der Waals surface area (Å²) in [6.45, 7) is 5.56. The Hall–Kier alpha value is -1.96. The van der Waals surface area contributed by atoms with Crippen molar-refractivity contribution in [2.75, 3.05) is 26.2 Å². The van der Waals surface area contributed by atoms with Gasteiger partial charge in [0.05, 0.1) is 25.4 Å². The van der Waals surface area contributed by atoms with Crippen molar-refractivity contribution in [1.29, 1.82) is 0 Å². The smallest absolute Gasteiger partial charge is 0.265 e. The van der Waals surface area contributed by atoms with Crippen LogP contribution in [0.2, 0.25) is 0 Å². The van der Waals surface area contributed by atoms with Crippen LogP contribution in [-0.4, -0.2) is 57.1 Å². The van der Waals surface area contributed by atoms with Gasteiger partial charge in [0, 0.05) is 6.54 Å². The van der Waals surface area contributed by atoms with Gasteiger partial charge in [0.25, 0.3) is 5.91 Å². The van der Waals surface area contributed by atoms with Gasteiger partial charge in [-0.05, 0) is 50.6 Å². The number of hydrogen-bond acceptors (Lipinski definition) is 6. The summed E-state index contributed by atoms with van der Waals surface area (Å²) < 4.78 is 0. The molecular formula is C19H25N3O3S. The average Bonchev–Trinajstić information content (AvgIpc) is 3.31. The van der Waals surface area contributed by atoms with E-state index in [-0.39, 0.29) is 18.2 Å². The summed E-state index contributed by atoms with van der Waals surface area (Å²) in [6.07, 6.45) is 3.26. The largest absolute Gasteiger partial charge is 0.508 e. The van der Waals surface area contributed by atoms with E-state index >= 15 is 0 Å². The highest BCUT2D eigenvalue weighted by atomic mass is 32.1. The fourth-order valence-corrected chi connectivity index (χ4v) is 4.10. The molecule has 1 aliphatic heterocycles. The third-order valence-electron chi connectivity index (χ3n) is 4.64. The van der Waals surface area contributed by atoms with E-state index in [4.69, 9.17) is 0 Å². The number of carbonyl (C=O) groups excluding carboxylic acids is 1. The van der Waals surface area contributed by atoms with Crippen molar-refractivity contribution in [3.63, 3.8) is 0 Å². The minimum absolute atomic E-state index is 0.102. The van der Waals surface area contributed by atoms with Gasteiger partial charge in [0.15, 0.2) is 0 Å². The van der Waals surface area contributed by atoms with Crippen molar-refractivity contribution in [2.24, 2.45) is 0 Å². The number of aromatic hydroxyl groups is 1. The standard InChI is InChI=1S/C19H25N3O3S/c1-2-22(12-16(24)14-6-5-7-15(23)10-14)19(25)17-11-20-18(26-17)13-21-8-3-4-9-21/h5-7,10-11,16,23-24H,2-4,8-9,12-13H2,1H3/t16-/m1/s1. The van der Waals surface area contributed by atoms with Gasteiger partial charge in [-0.3, -0.25) is 9.69 Å². The molecule has 1 fully saturated rings. The zero-order valence-electron chi connectivity index (χ0n) is 15.0. The Balaban J connectivity index is 1.63. The Morgan fingerprint density at radius 2 is 2.15 bits per heavy atom. The normalized spacial score (nSPS) is 15.9. The van der Waals surface area contributed by atoms with Crippen molar-refractivity contribution >= 4 is 17.2 Å². The second-order valence-corrected chi connectivity index (χ2v) is 7.67. The number of likely N-dealkylation sites (tertiary alicyclic amines) is 1. The number of phenolic OH excluding ortho intramolecular Hbond substituents is 1. The van der Waals surface area contributed by atoms with Crippen molar-refractivity contribution < 1.29 is 15.0 Å². The van der Waals surface area contributed by atoms with Crippen LogP contribution in [0.5, 0.6) is 5.75 Å². The number of thiazole rings is 1. The lowest BCUT2D eigenvalue weighted by Gasteiger charge is -2.23. The molecule has 0 unspecified atom stereocenters. The van der Waals surface area contributed by atoms with Crippen LogP contribution in [0.25, 0.3) is 0 Å². The van der Waals surface area contributed by atoms with E-state index in [1.807, 2.05) is 6.92 Å². The molecule has 0 spiro atoms. The number of aromatic nitrogens is 1. The zero-order chi connectivity index (χ0) is 18.5. The number of phenols is 1. The predicted octanol–water partition coefficient (Wildman–Crippen LogP) is 2.64. The third-order valence-corrected chi connectivity index (χ3v) is 5.61. The summed E-state index contributed by atoms with van der Waals surface area (Å²) in [6, 6.07) is 6.49. The Kier molecular flexibility index (Phi) is 6.24. The molecule has 2 N–H and O–H groups in total. The molecule has 0 aliphatic carbocycles. The first-order chi connectivity index (χ1) is 12.6. The molecule has 0 bridgehead atoms. The van der Waals surface area contributed by atoms with Gasteiger partial charge in [-0.1, -0.05) is 12.1 Å². The van der Waals surface area contributed by atoms with Gasteiger partial charge in [-0.25, -0.2) is 4.98 Å². The fourth-order valence-electron chi connectivity index (χ4n) is 3.17. The molecule has 26 heavy (non-hydrogen) atoms. The van der Waals surface area contributed by atoms with Crippen LogP contribution in [-0.2, 0) is 6.54 Å². The molecule has 3 rings (SSSR count). The molecule has 1 amide bonds. The molecule has 7 heteroatoms. The Bertz CT molecular complexity index is 743. The fraction of sp³-hybridized carbons (Fsp3) is 0.474. The molecule has 140 valence electrons. The predicted molar refractivity (Wildman–Crippen MR) is 101 cm³/mol. The number of aliphatic hydroxyl groups excluding tert-OH is 1. The van der Waals surface area contributed by atoms with Crippen LogP contribution in [0.1, 0.15) is 46.1 Å². The van der Waals surface area contributed by atoms with Crippen molar-refractivity contribution in [2.45, 2.75) is 32.4 Å². The van der Waals surface area contributed by atoms with Gasteiger partial charge in [0.1, 0.15) is 15.6 Å². The number of benzene rings is 1. The molecule has 1 aromatic heterocycles. The lowest BCUT2D eigenvalue weighted by Crippen LogP contribution is -2.34. The maximum atomic E-state index is 12.8. The quantitative estimate of drug-likeness (QED) is 0.778. The molecule has 2 heterocycles. The summed E-state index contributed by atoms with van der Waals surface area (Å²) in [5.41, 5.74) is 0.593. The first kappa shape index (κ1) is 18.8. The SMILES string of the molecule is CCN(C[C@@H](O)c1cccc(O)c1)C(=O)c1cnc(CN2CCCC2)s1. The van der Waals surface area contributed by atoms with E-state index in [1.54, 1.807) is 29.3 Å². The van der Waals surface area contributed by atoms with E-state index in [0.717, 1.165) is 24.6 Å². The summed E-state index contributed by atoms with van der Waals surface area (Å²) in [5.74, 6) is -0.0122. The first-order valence-electron chi connectivity index (χ1n) is 9.00. The van der Waals surface area contributed by atoms with Gasteiger partial charge < -0.3 is 15.1 Å². The molecule has 0 radical (unpaired) electrons. The minimum Gasteiger partial charge on any atom is -0.508 e. The average molecular weight is 375 g/mol. The number of likely N-dealkylation sites (N-methyl/N-ethyl adjacent to an activating group) is 1. The Labute approximate surface area is 157 Å². The third kappa shape index (κ3) is 4.60. The molecule has 1 aliphatic rings. The van der Waals surface area contributed by atoms with Gasteiger partial charge in [-0.15, -0.1) is 11.3 Å². The molecular weight excluding hydrogens is 350 g/mol. The molecule has 1 atom stereocenters. The maximum Gasteiger partial charge on any atom is 0.265 e. The van der Waals surface area contributed by atoms with E-state index in [2.05, 4.69) is 9.88 Å². The van der Waals surface area contributed by atoms with E-state index in [0.29, 0.717) is 17.0 Å². The highest BCUT2D eigenvalue weighted by Crippen LogP contribution is 2.22. The number of amides is 1. The van der Waals surface area contributed by atoms with Crippen molar-refractivity contribution in [3.8, 4) is 5.75 Å². The zero-order valence-corrected chi connectivity index (χ0v) is 15.8. The summed E-state index contributed by atoms with van der Waals surface area (Å²) in [4.78, 5) is 21.8. The monoisotopic (exact) mass is 375 g/mol. The second kappa shape index (κ2) is 8.62. The van der Waals surface area contributed by atoms with Gasteiger partial charge >= 0.3 is 0 Å². The molecule has 1 aromatic carbocycles. The van der Waals surface area contributed by atoms with Crippen LogP contribution in [0, 0.1) is 0 Å². The van der Waals surface area contributed by atoms with Crippen LogP contribution < -0.4 is 0 Å². The topological polar surface area (TPSA) is 76.9 Å². The van der Waals surface area contributed by atoms with E-state index in [9.17, 15) is 15.0 Å². The van der Waals surface area contributed by atoms with Gasteiger partial charge in [0.2, 0.25) is 0 Å². The van der Waals surface area contributed by atoms with Gasteiger partial charge in [-0.2, -0.15) is 0 Å². The summed E-state index contributed by atoms with van der Waals surface area (Å²) in [7, 11) is 0. The molecule has 2 aromatic rings. The highest BCUT2D eigenvalue weighted by molar-refractivity contribution is 7.13. The van der Waals surface area contributed by atoms with Crippen LogP contribution in [0.4, 0.5) is 0 Å².